The van der Waals surface area contributed by atoms with Crippen molar-refractivity contribution < 1.29 is 8.42 Å². The van der Waals surface area contributed by atoms with Gasteiger partial charge in [-0.15, -0.1) is 0 Å². The minimum atomic E-state index is -3.64. The van der Waals surface area contributed by atoms with Crippen molar-refractivity contribution in [2.24, 2.45) is 0 Å². The highest BCUT2D eigenvalue weighted by Crippen LogP contribution is 2.19. The van der Waals surface area contributed by atoms with E-state index in [1.54, 1.807) is 25.3 Å². The Hall–Kier alpha value is -1.47. The van der Waals surface area contributed by atoms with E-state index in [1.165, 1.54) is 18.5 Å². The highest BCUT2D eigenvalue weighted by molar-refractivity contribution is 9.10. The second kappa shape index (κ2) is 5.03. The molecule has 0 aliphatic rings. The van der Waals surface area contributed by atoms with Gasteiger partial charge in [0.2, 0.25) is 0 Å². The van der Waals surface area contributed by atoms with Crippen LogP contribution in [0.2, 0.25) is 0 Å². The molecule has 2 rings (SSSR count). The third-order valence-electron chi connectivity index (χ3n) is 2.24. The smallest absolute Gasteiger partial charge is 0.263 e. The summed E-state index contributed by atoms with van der Waals surface area (Å²) < 4.78 is 27.3. The predicted octanol–water partition coefficient (Wildman–Crippen LogP) is 2.35. The molecule has 0 aliphatic carbocycles. The van der Waals surface area contributed by atoms with E-state index < -0.39 is 10.0 Å². The lowest BCUT2D eigenvalue weighted by Crippen LogP contribution is -2.14. The van der Waals surface area contributed by atoms with Gasteiger partial charge >= 0.3 is 0 Å². The van der Waals surface area contributed by atoms with E-state index in [4.69, 9.17) is 0 Å². The average molecular weight is 328 g/mol. The maximum absolute atomic E-state index is 12.1. The van der Waals surface area contributed by atoms with Gasteiger partial charge < -0.3 is 0 Å². The first-order valence-electron chi connectivity index (χ1n) is 5.04. The first kappa shape index (κ1) is 13.0. The first-order valence-corrected chi connectivity index (χ1v) is 7.31. The molecule has 1 N–H and O–H groups in total. The summed E-state index contributed by atoms with van der Waals surface area (Å²) in [5.41, 5.74) is 1.07. The Bertz CT molecular complexity index is 673. The molecule has 0 aliphatic heterocycles. The third-order valence-corrected chi connectivity index (χ3v) is 4.01. The van der Waals surface area contributed by atoms with E-state index in [9.17, 15) is 8.42 Å². The Kier molecular flexibility index (Phi) is 3.63. The molecule has 18 heavy (non-hydrogen) atoms. The summed E-state index contributed by atoms with van der Waals surface area (Å²) in [7, 11) is -3.64. The number of aromatic nitrogens is 2. The van der Waals surface area contributed by atoms with Gasteiger partial charge in [-0.2, -0.15) is 0 Å². The molecule has 0 atom stereocenters. The zero-order chi connectivity index (χ0) is 13.2. The van der Waals surface area contributed by atoms with Gasteiger partial charge in [0.25, 0.3) is 10.0 Å². The number of aryl methyl sites for hydroxylation is 1. The van der Waals surface area contributed by atoms with Gasteiger partial charge in [0.05, 0.1) is 11.4 Å². The molecule has 0 fully saturated rings. The van der Waals surface area contributed by atoms with Crippen LogP contribution >= 0.6 is 15.9 Å². The van der Waals surface area contributed by atoms with Crippen molar-refractivity contribution in [2.75, 3.05) is 4.72 Å². The molecule has 5 nitrogen and oxygen atoms in total. The second-order valence-corrected chi connectivity index (χ2v) is 6.18. The van der Waals surface area contributed by atoms with Crippen LogP contribution in [0.25, 0.3) is 0 Å². The summed E-state index contributed by atoms with van der Waals surface area (Å²) in [5, 5.41) is 0. The third kappa shape index (κ3) is 2.85. The summed E-state index contributed by atoms with van der Waals surface area (Å²) in [6.07, 6.45) is 4.42. The number of rotatable bonds is 3. The number of nitrogens with zero attached hydrogens (tertiary/aromatic N) is 2. The van der Waals surface area contributed by atoms with Crippen molar-refractivity contribution >= 4 is 31.6 Å². The van der Waals surface area contributed by atoms with E-state index in [1.807, 2.05) is 0 Å². The second-order valence-electron chi connectivity index (χ2n) is 3.58. The normalized spacial score (nSPS) is 11.2. The minimum absolute atomic E-state index is 0.0973. The molecule has 0 aromatic carbocycles. The summed E-state index contributed by atoms with van der Waals surface area (Å²) in [4.78, 5) is 7.95. The Morgan fingerprint density at radius 1 is 1.33 bits per heavy atom. The topological polar surface area (TPSA) is 72.0 Å². The zero-order valence-corrected chi connectivity index (χ0v) is 11.9. The Balaban J connectivity index is 2.37. The number of halogens is 1. The Labute approximate surface area is 113 Å². The van der Waals surface area contributed by atoms with Crippen LogP contribution in [0, 0.1) is 6.92 Å². The van der Waals surface area contributed by atoms with Crippen LogP contribution in [0.5, 0.6) is 0 Å². The molecule has 0 unspecified atom stereocenters. The van der Waals surface area contributed by atoms with Crippen molar-refractivity contribution in [3.8, 4) is 0 Å². The van der Waals surface area contributed by atoms with Crippen LogP contribution in [-0.2, 0) is 10.0 Å². The van der Waals surface area contributed by atoms with Crippen molar-refractivity contribution in [3.63, 3.8) is 0 Å². The lowest BCUT2D eigenvalue weighted by atomic mass is 10.3. The Morgan fingerprint density at radius 2 is 2.11 bits per heavy atom. The number of sulfonamides is 1. The minimum Gasteiger partial charge on any atom is -0.278 e. The van der Waals surface area contributed by atoms with Gasteiger partial charge in [0.15, 0.2) is 0 Å². The number of anilines is 1. The van der Waals surface area contributed by atoms with E-state index >= 15 is 0 Å². The van der Waals surface area contributed by atoms with Crippen LogP contribution in [-0.4, -0.2) is 18.4 Å². The maximum Gasteiger partial charge on any atom is 0.263 e. The standard InChI is InChI=1S/C11H10BrN3O2S/c1-8-11(3-2-4-14-8)15-18(16,17)10-5-9(12)6-13-7-10/h2-7,15H,1H3. The fraction of sp³-hybridized carbons (Fsp3) is 0.0909. The largest absolute Gasteiger partial charge is 0.278 e. The van der Waals surface area contributed by atoms with Crippen molar-refractivity contribution in [3.05, 3.63) is 47.0 Å². The molecule has 2 aromatic heterocycles. The van der Waals surface area contributed by atoms with Crippen LogP contribution in [0.1, 0.15) is 5.69 Å². The van der Waals surface area contributed by atoms with Crippen LogP contribution in [0.3, 0.4) is 0 Å². The van der Waals surface area contributed by atoms with E-state index in [0.29, 0.717) is 15.9 Å². The Morgan fingerprint density at radius 3 is 2.78 bits per heavy atom. The summed E-state index contributed by atoms with van der Waals surface area (Å²) >= 11 is 3.19. The molecule has 0 bridgehead atoms. The first-order chi connectivity index (χ1) is 8.49. The van der Waals surface area contributed by atoms with Gasteiger partial charge in [0.1, 0.15) is 4.90 Å². The maximum atomic E-state index is 12.1. The van der Waals surface area contributed by atoms with Crippen molar-refractivity contribution in [1.29, 1.82) is 0 Å². The van der Waals surface area contributed by atoms with Gasteiger partial charge in [-0.1, -0.05) is 0 Å². The molecule has 2 aromatic rings. The monoisotopic (exact) mass is 327 g/mol. The molecule has 0 saturated heterocycles. The van der Waals surface area contributed by atoms with Gasteiger partial charge in [-0.3, -0.25) is 14.7 Å². The molecular formula is C11H10BrN3O2S. The van der Waals surface area contributed by atoms with E-state index in [2.05, 4.69) is 30.6 Å². The lowest BCUT2D eigenvalue weighted by Gasteiger charge is -2.09. The highest BCUT2D eigenvalue weighted by atomic mass is 79.9. The van der Waals surface area contributed by atoms with E-state index in [-0.39, 0.29) is 4.90 Å². The molecule has 0 amide bonds. The number of nitrogens with one attached hydrogen (secondary N) is 1. The van der Waals surface area contributed by atoms with Crippen LogP contribution in [0.15, 0.2) is 46.2 Å². The van der Waals surface area contributed by atoms with Crippen molar-refractivity contribution in [1.82, 2.24) is 9.97 Å². The quantitative estimate of drug-likeness (QED) is 0.939. The predicted molar refractivity (Wildman–Crippen MR) is 71.7 cm³/mol. The van der Waals surface area contributed by atoms with E-state index in [0.717, 1.165) is 0 Å². The molecule has 2 heterocycles. The molecule has 0 saturated carbocycles. The summed E-state index contributed by atoms with van der Waals surface area (Å²) in [6.45, 7) is 1.73. The SMILES string of the molecule is Cc1ncccc1NS(=O)(=O)c1cncc(Br)c1. The number of pyridine rings is 2. The van der Waals surface area contributed by atoms with Gasteiger partial charge in [-0.25, -0.2) is 8.42 Å². The summed E-state index contributed by atoms with van der Waals surface area (Å²) in [5.74, 6) is 0. The fourth-order valence-corrected chi connectivity index (χ4v) is 2.96. The summed E-state index contributed by atoms with van der Waals surface area (Å²) in [6, 6.07) is 4.82. The van der Waals surface area contributed by atoms with Crippen LogP contribution in [0.4, 0.5) is 5.69 Å². The molecular weight excluding hydrogens is 318 g/mol. The highest BCUT2D eigenvalue weighted by Gasteiger charge is 2.16. The molecule has 0 spiro atoms. The lowest BCUT2D eigenvalue weighted by molar-refractivity contribution is 0.600. The van der Waals surface area contributed by atoms with Gasteiger partial charge in [-0.05, 0) is 41.1 Å². The number of hydrogen-bond acceptors (Lipinski definition) is 4. The molecule has 0 radical (unpaired) electrons. The van der Waals surface area contributed by atoms with Crippen molar-refractivity contribution in [2.45, 2.75) is 11.8 Å². The zero-order valence-electron chi connectivity index (χ0n) is 9.46. The number of hydrogen-bond donors (Lipinski definition) is 1. The average Bonchev–Trinajstić information content (AvgIpc) is 2.32. The molecule has 94 valence electrons. The van der Waals surface area contributed by atoms with Crippen LogP contribution < -0.4 is 4.72 Å². The fourth-order valence-electron chi connectivity index (χ4n) is 1.34. The van der Waals surface area contributed by atoms with Gasteiger partial charge in [0, 0.05) is 23.1 Å². The molecule has 7 heteroatoms.